The number of furan rings is 1. The first-order valence-corrected chi connectivity index (χ1v) is 8.61. The molecule has 1 atom stereocenters. The van der Waals surface area contributed by atoms with Crippen molar-refractivity contribution in [1.29, 1.82) is 0 Å². The molecule has 6 nitrogen and oxygen atoms in total. The quantitative estimate of drug-likeness (QED) is 0.811. The van der Waals surface area contributed by atoms with E-state index in [-0.39, 0.29) is 17.9 Å². The second-order valence-corrected chi connectivity index (χ2v) is 6.16. The first-order valence-electron chi connectivity index (χ1n) is 8.61. The van der Waals surface area contributed by atoms with Gasteiger partial charge in [-0.15, -0.1) is 0 Å². The number of hydrogen-bond acceptors (Lipinski definition) is 4. The van der Waals surface area contributed by atoms with Gasteiger partial charge < -0.3 is 15.1 Å². The summed E-state index contributed by atoms with van der Waals surface area (Å²) in [6, 6.07) is 12.9. The smallest absolute Gasteiger partial charge is 0.237 e. The fraction of sp³-hybridized carbons (Fsp3) is 0.368. The summed E-state index contributed by atoms with van der Waals surface area (Å²) >= 11 is 0. The highest BCUT2D eigenvalue weighted by Crippen LogP contribution is 2.18. The molecule has 3 rings (SSSR count). The van der Waals surface area contributed by atoms with Crippen molar-refractivity contribution >= 4 is 17.5 Å². The van der Waals surface area contributed by atoms with Gasteiger partial charge >= 0.3 is 0 Å². The Hall–Kier alpha value is -2.60. The Bertz CT molecular complexity index is 685. The number of nitrogens with zero attached hydrogens (tertiary/aromatic N) is 1. The van der Waals surface area contributed by atoms with E-state index in [1.165, 1.54) is 0 Å². The third-order valence-electron chi connectivity index (χ3n) is 4.37. The van der Waals surface area contributed by atoms with E-state index in [1.807, 2.05) is 36.4 Å². The molecule has 0 aliphatic carbocycles. The Morgan fingerprint density at radius 2 is 2.00 bits per heavy atom. The van der Waals surface area contributed by atoms with Gasteiger partial charge in [0.15, 0.2) is 0 Å². The van der Waals surface area contributed by atoms with Crippen molar-refractivity contribution in [3.8, 4) is 0 Å². The number of para-hydroxylation sites is 1. The van der Waals surface area contributed by atoms with Gasteiger partial charge in [0.1, 0.15) is 5.76 Å². The molecule has 0 spiro atoms. The van der Waals surface area contributed by atoms with Crippen LogP contribution in [0.2, 0.25) is 0 Å². The van der Waals surface area contributed by atoms with Gasteiger partial charge in [-0.05, 0) is 43.7 Å². The number of nitrogens with one attached hydrogen (secondary N) is 2. The number of hydrogen-bond donors (Lipinski definition) is 2. The Kier molecular flexibility index (Phi) is 5.85. The Balaban J connectivity index is 1.44. The van der Waals surface area contributed by atoms with Crippen molar-refractivity contribution in [2.24, 2.45) is 0 Å². The lowest BCUT2D eigenvalue weighted by molar-refractivity contribution is -0.126. The molecule has 1 fully saturated rings. The predicted molar refractivity (Wildman–Crippen MR) is 94.8 cm³/mol. The Morgan fingerprint density at radius 3 is 2.76 bits per heavy atom. The fourth-order valence-corrected chi connectivity index (χ4v) is 3.09. The van der Waals surface area contributed by atoms with Crippen LogP contribution in [0.25, 0.3) is 0 Å². The molecule has 2 N–H and O–H groups in total. The zero-order valence-electron chi connectivity index (χ0n) is 14.1. The molecule has 132 valence electrons. The number of likely N-dealkylation sites (tertiary alicyclic amines) is 1. The minimum absolute atomic E-state index is 0.00244. The van der Waals surface area contributed by atoms with Crippen molar-refractivity contribution in [2.45, 2.75) is 31.8 Å². The average Bonchev–Trinajstić information content (AvgIpc) is 3.30. The minimum atomic E-state index is -0.167. The molecule has 1 saturated heterocycles. The van der Waals surface area contributed by atoms with Crippen molar-refractivity contribution in [3.05, 3.63) is 54.5 Å². The lowest BCUT2D eigenvalue weighted by Crippen LogP contribution is -2.43. The summed E-state index contributed by atoms with van der Waals surface area (Å²) in [7, 11) is 0. The molecule has 2 heterocycles. The zero-order valence-corrected chi connectivity index (χ0v) is 14.1. The van der Waals surface area contributed by atoms with Crippen LogP contribution in [-0.4, -0.2) is 35.8 Å². The van der Waals surface area contributed by atoms with Gasteiger partial charge in [0, 0.05) is 18.7 Å². The molecule has 2 amide bonds. The standard InChI is InChI=1S/C19H23N3O3/c23-18(21-15-6-2-1-3-7-15)10-12-22-11-4-9-17(22)19(24)20-14-16-8-5-13-25-16/h1-3,5-8,13,17H,4,9-12,14H2,(H,20,24)(H,21,23). The van der Waals surface area contributed by atoms with Gasteiger partial charge in [-0.1, -0.05) is 18.2 Å². The van der Waals surface area contributed by atoms with Crippen LogP contribution in [0.3, 0.4) is 0 Å². The molecule has 6 heteroatoms. The molecule has 0 saturated carbocycles. The number of benzene rings is 1. The Morgan fingerprint density at radius 1 is 1.16 bits per heavy atom. The van der Waals surface area contributed by atoms with E-state index >= 15 is 0 Å². The molecule has 1 aromatic carbocycles. The topological polar surface area (TPSA) is 74.6 Å². The molecule has 1 aliphatic heterocycles. The van der Waals surface area contributed by atoms with Gasteiger partial charge in [-0.3, -0.25) is 14.5 Å². The molecule has 1 aliphatic rings. The Labute approximate surface area is 147 Å². The van der Waals surface area contributed by atoms with Crippen molar-refractivity contribution in [2.75, 3.05) is 18.4 Å². The highest BCUT2D eigenvalue weighted by molar-refractivity contribution is 5.90. The third kappa shape index (κ3) is 4.93. The molecule has 0 bridgehead atoms. The van der Waals surface area contributed by atoms with Crippen LogP contribution in [0.15, 0.2) is 53.1 Å². The number of amides is 2. The van der Waals surface area contributed by atoms with Gasteiger partial charge in [-0.25, -0.2) is 0 Å². The molecule has 1 aromatic heterocycles. The second kappa shape index (κ2) is 8.48. The highest BCUT2D eigenvalue weighted by atomic mass is 16.3. The van der Waals surface area contributed by atoms with Gasteiger partial charge in [0.2, 0.25) is 11.8 Å². The summed E-state index contributed by atoms with van der Waals surface area (Å²) in [4.78, 5) is 26.6. The summed E-state index contributed by atoms with van der Waals surface area (Å²) in [6.07, 6.45) is 3.76. The maximum atomic E-state index is 12.4. The predicted octanol–water partition coefficient (Wildman–Crippen LogP) is 2.39. The average molecular weight is 341 g/mol. The first-order chi connectivity index (χ1) is 12.2. The van der Waals surface area contributed by atoms with Gasteiger partial charge in [0.05, 0.1) is 18.8 Å². The van der Waals surface area contributed by atoms with E-state index in [1.54, 1.807) is 12.3 Å². The zero-order chi connectivity index (χ0) is 17.5. The lowest BCUT2D eigenvalue weighted by Gasteiger charge is -2.23. The van der Waals surface area contributed by atoms with Gasteiger partial charge in [0.25, 0.3) is 0 Å². The first kappa shape index (κ1) is 17.2. The molecular weight excluding hydrogens is 318 g/mol. The van der Waals surface area contributed by atoms with E-state index in [4.69, 9.17) is 4.42 Å². The van der Waals surface area contributed by atoms with Crippen LogP contribution in [0.4, 0.5) is 5.69 Å². The number of carbonyl (C=O) groups excluding carboxylic acids is 2. The van der Waals surface area contributed by atoms with E-state index < -0.39 is 0 Å². The van der Waals surface area contributed by atoms with E-state index in [0.717, 1.165) is 30.8 Å². The van der Waals surface area contributed by atoms with Crippen LogP contribution in [0.5, 0.6) is 0 Å². The fourth-order valence-electron chi connectivity index (χ4n) is 3.09. The second-order valence-electron chi connectivity index (χ2n) is 6.16. The monoisotopic (exact) mass is 341 g/mol. The van der Waals surface area contributed by atoms with Crippen molar-refractivity contribution < 1.29 is 14.0 Å². The number of carbonyl (C=O) groups is 2. The molecular formula is C19H23N3O3. The minimum Gasteiger partial charge on any atom is -0.467 e. The van der Waals surface area contributed by atoms with Crippen LogP contribution in [0, 0.1) is 0 Å². The summed E-state index contributed by atoms with van der Waals surface area (Å²) in [6.45, 7) is 1.82. The SMILES string of the molecule is O=C(CCN1CCCC1C(=O)NCc1ccco1)Nc1ccccc1. The normalized spacial score (nSPS) is 17.4. The van der Waals surface area contributed by atoms with Crippen molar-refractivity contribution in [1.82, 2.24) is 10.2 Å². The summed E-state index contributed by atoms with van der Waals surface area (Å²) < 4.78 is 5.23. The molecule has 1 unspecified atom stereocenters. The van der Waals surface area contributed by atoms with Gasteiger partial charge in [-0.2, -0.15) is 0 Å². The van der Waals surface area contributed by atoms with Crippen LogP contribution in [-0.2, 0) is 16.1 Å². The maximum absolute atomic E-state index is 12.4. The summed E-state index contributed by atoms with van der Waals surface area (Å²) in [5, 5.41) is 5.78. The van der Waals surface area contributed by atoms with Crippen LogP contribution in [0.1, 0.15) is 25.0 Å². The number of rotatable bonds is 7. The summed E-state index contributed by atoms with van der Waals surface area (Å²) in [5.41, 5.74) is 0.793. The highest BCUT2D eigenvalue weighted by Gasteiger charge is 2.30. The largest absolute Gasteiger partial charge is 0.467 e. The molecule has 0 radical (unpaired) electrons. The van der Waals surface area contributed by atoms with E-state index in [9.17, 15) is 9.59 Å². The van der Waals surface area contributed by atoms with E-state index in [0.29, 0.717) is 19.5 Å². The maximum Gasteiger partial charge on any atom is 0.237 e. The van der Waals surface area contributed by atoms with E-state index in [2.05, 4.69) is 15.5 Å². The summed E-state index contributed by atoms with van der Waals surface area (Å²) in [5.74, 6) is 0.699. The molecule has 2 aromatic rings. The number of anilines is 1. The van der Waals surface area contributed by atoms with Crippen molar-refractivity contribution in [3.63, 3.8) is 0 Å². The van der Waals surface area contributed by atoms with Crippen LogP contribution >= 0.6 is 0 Å². The third-order valence-corrected chi connectivity index (χ3v) is 4.37. The molecule has 25 heavy (non-hydrogen) atoms. The lowest BCUT2D eigenvalue weighted by atomic mass is 10.2. The van der Waals surface area contributed by atoms with Crippen LogP contribution < -0.4 is 10.6 Å².